The summed E-state index contributed by atoms with van der Waals surface area (Å²) < 4.78 is 0. The van der Waals surface area contributed by atoms with E-state index in [1.54, 1.807) is 0 Å². The van der Waals surface area contributed by atoms with Crippen molar-refractivity contribution >= 4 is 5.78 Å². The van der Waals surface area contributed by atoms with Crippen LogP contribution in [0.25, 0.3) is 0 Å². The summed E-state index contributed by atoms with van der Waals surface area (Å²) in [6, 6.07) is 0. The summed E-state index contributed by atoms with van der Waals surface area (Å²) in [5.41, 5.74) is 0. The van der Waals surface area contributed by atoms with Crippen LogP contribution >= 0.6 is 0 Å². The zero-order valence-corrected chi connectivity index (χ0v) is 8.05. The van der Waals surface area contributed by atoms with Crippen molar-refractivity contribution in [1.29, 1.82) is 0 Å². The zero-order valence-electron chi connectivity index (χ0n) is 8.05. The maximum absolute atomic E-state index is 11.6. The Bertz CT molecular complexity index is 197. The van der Waals surface area contributed by atoms with Crippen LogP contribution in [-0.4, -0.2) is 5.78 Å². The molecule has 4 unspecified atom stereocenters. The molecule has 0 aliphatic heterocycles. The molecular formula is C11H18O. The number of carbonyl (C=O) groups is 1. The molecule has 1 heteroatoms. The van der Waals surface area contributed by atoms with E-state index in [4.69, 9.17) is 0 Å². The summed E-state index contributed by atoms with van der Waals surface area (Å²) in [5, 5.41) is 0. The minimum absolute atomic E-state index is 0.448. The van der Waals surface area contributed by atoms with Gasteiger partial charge in [-0.25, -0.2) is 0 Å². The van der Waals surface area contributed by atoms with Crippen molar-refractivity contribution in [2.75, 3.05) is 0 Å². The molecule has 0 bridgehead atoms. The third-order valence-corrected chi connectivity index (χ3v) is 3.83. The molecular weight excluding hydrogens is 148 g/mol. The van der Waals surface area contributed by atoms with E-state index < -0.39 is 0 Å². The quantitative estimate of drug-likeness (QED) is 0.540. The summed E-state index contributed by atoms with van der Waals surface area (Å²) in [6.07, 6.45) is 4.69. The van der Waals surface area contributed by atoms with Crippen molar-refractivity contribution in [2.24, 2.45) is 23.7 Å². The second-order valence-electron chi connectivity index (χ2n) is 4.84. The van der Waals surface area contributed by atoms with E-state index in [0.29, 0.717) is 17.6 Å². The first-order valence-electron chi connectivity index (χ1n) is 5.21. The Labute approximate surface area is 74.5 Å². The van der Waals surface area contributed by atoms with Gasteiger partial charge in [-0.2, -0.15) is 0 Å². The van der Waals surface area contributed by atoms with Crippen LogP contribution in [0.3, 0.4) is 0 Å². The maximum atomic E-state index is 11.6. The molecule has 1 nitrogen and oxygen atoms in total. The number of hydrogen-bond donors (Lipinski definition) is 0. The third-order valence-electron chi connectivity index (χ3n) is 3.83. The highest BCUT2D eigenvalue weighted by molar-refractivity contribution is 5.83. The van der Waals surface area contributed by atoms with Gasteiger partial charge in [0, 0.05) is 12.3 Å². The van der Waals surface area contributed by atoms with Gasteiger partial charge < -0.3 is 0 Å². The monoisotopic (exact) mass is 166 g/mol. The summed E-state index contributed by atoms with van der Waals surface area (Å²) in [7, 11) is 0. The molecule has 68 valence electrons. The van der Waals surface area contributed by atoms with Gasteiger partial charge >= 0.3 is 0 Å². The summed E-state index contributed by atoms with van der Waals surface area (Å²) in [4.78, 5) is 11.6. The van der Waals surface area contributed by atoms with Crippen molar-refractivity contribution < 1.29 is 4.79 Å². The Hall–Kier alpha value is -0.330. The molecule has 2 aliphatic carbocycles. The largest absolute Gasteiger partial charge is 0.299 e. The van der Waals surface area contributed by atoms with Gasteiger partial charge in [-0.3, -0.25) is 4.79 Å². The van der Waals surface area contributed by atoms with Crippen molar-refractivity contribution in [1.82, 2.24) is 0 Å². The number of Topliss-reactive ketones (excluding diaryl/α,β-unsaturated/α-hetero) is 1. The lowest BCUT2D eigenvalue weighted by molar-refractivity contribution is -0.122. The second-order valence-corrected chi connectivity index (χ2v) is 4.84. The molecule has 0 N–H and O–H groups in total. The predicted octanol–water partition coefficient (Wildman–Crippen LogP) is 2.65. The minimum atomic E-state index is 0.448. The van der Waals surface area contributed by atoms with E-state index in [0.717, 1.165) is 18.3 Å². The Balaban J connectivity index is 2.12. The van der Waals surface area contributed by atoms with Gasteiger partial charge in [-0.15, -0.1) is 0 Å². The number of carbonyl (C=O) groups excluding carboxylic acids is 1. The van der Waals surface area contributed by atoms with Crippen LogP contribution in [0.5, 0.6) is 0 Å². The normalized spacial score (nSPS) is 47.7. The topological polar surface area (TPSA) is 17.1 Å². The Morgan fingerprint density at radius 3 is 2.75 bits per heavy atom. The van der Waals surface area contributed by atoms with Gasteiger partial charge in [0.15, 0.2) is 0 Å². The van der Waals surface area contributed by atoms with E-state index in [9.17, 15) is 4.79 Å². The lowest BCUT2D eigenvalue weighted by Crippen LogP contribution is -2.25. The highest BCUT2D eigenvalue weighted by atomic mass is 16.1. The van der Waals surface area contributed by atoms with Gasteiger partial charge in [0.25, 0.3) is 0 Å². The van der Waals surface area contributed by atoms with Gasteiger partial charge in [-0.1, -0.05) is 20.3 Å². The molecule has 0 spiro atoms. The first-order chi connectivity index (χ1) is 5.68. The summed E-state index contributed by atoms with van der Waals surface area (Å²) in [5.74, 6) is 3.21. The first-order valence-corrected chi connectivity index (χ1v) is 5.21. The second kappa shape index (κ2) is 2.86. The predicted molar refractivity (Wildman–Crippen MR) is 48.8 cm³/mol. The molecule has 0 radical (unpaired) electrons. The molecule has 4 atom stereocenters. The van der Waals surface area contributed by atoms with Crippen LogP contribution in [0.1, 0.15) is 39.5 Å². The van der Waals surface area contributed by atoms with Crippen LogP contribution < -0.4 is 0 Å². The molecule has 12 heavy (non-hydrogen) atoms. The third kappa shape index (κ3) is 1.19. The van der Waals surface area contributed by atoms with Gasteiger partial charge in [-0.05, 0) is 30.6 Å². The number of ketones is 1. The first kappa shape index (κ1) is 8.28. The summed E-state index contributed by atoms with van der Waals surface area (Å²) in [6.45, 7) is 4.53. The minimum Gasteiger partial charge on any atom is -0.299 e. The fourth-order valence-electron chi connectivity index (χ4n) is 3.08. The van der Waals surface area contributed by atoms with Gasteiger partial charge in [0.2, 0.25) is 0 Å². The summed E-state index contributed by atoms with van der Waals surface area (Å²) >= 11 is 0. The SMILES string of the molecule is CC1CCC2C(C)CC(=O)C2C1. The maximum Gasteiger partial charge on any atom is 0.136 e. The molecule has 2 fully saturated rings. The molecule has 2 rings (SSSR count). The number of rotatable bonds is 0. The van der Waals surface area contributed by atoms with Crippen LogP contribution in [0.15, 0.2) is 0 Å². The molecule has 2 saturated carbocycles. The molecule has 0 saturated heterocycles. The zero-order chi connectivity index (χ0) is 8.72. The Morgan fingerprint density at radius 2 is 2.00 bits per heavy atom. The molecule has 0 aromatic carbocycles. The van der Waals surface area contributed by atoms with Crippen LogP contribution in [0, 0.1) is 23.7 Å². The van der Waals surface area contributed by atoms with Crippen LogP contribution in [-0.2, 0) is 4.79 Å². The van der Waals surface area contributed by atoms with E-state index in [-0.39, 0.29) is 0 Å². The Morgan fingerprint density at radius 1 is 1.25 bits per heavy atom. The van der Waals surface area contributed by atoms with E-state index >= 15 is 0 Å². The Kier molecular flexibility index (Phi) is 1.97. The molecule has 2 aliphatic rings. The fraction of sp³-hybridized carbons (Fsp3) is 0.909. The number of hydrogen-bond acceptors (Lipinski definition) is 1. The average Bonchev–Trinajstić information content (AvgIpc) is 2.28. The number of fused-ring (bicyclic) bond motifs is 1. The molecule has 0 heterocycles. The lowest BCUT2D eigenvalue weighted by atomic mass is 9.74. The van der Waals surface area contributed by atoms with Crippen molar-refractivity contribution in [3.05, 3.63) is 0 Å². The van der Waals surface area contributed by atoms with Crippen LogP contribution in [0.2, 0.25) is 0 Å². The van der Waals surface area contributed by atoms with E-state index in [1.807, 2.05) is 0 Å². The highest BCUT2D eigenvalue weighted by Gasteiger charge is 2.42. The van der Waals surface area contributed by atoms with Gasteiger partial charge in [0.05, 0.1) is 0 Å². The van der Waals surface area contributed by atoms with Crippen molar-refractivity contribution in [2.45, 2.75) is 39.5 Å². The fourth-order valence-corrected chi connectivity index (χ4v) is 3.08. The van der Waals surface area contributed by atoms with E-state index in [1.165, 1.54) is 19.3 Å². The van der Waals surface area contributed by atoms with E-state index in [2.05, 4.69) is 13.8 Å². The van der Waals surface area contributed by atoms with Crippen LogP contribution in [0.4, 0.5) is 0 Å². The van der Waals surface area contributed by atoms with Gasteiger partial charge in [0.1, 0.15) is 5.78 Å². The lowest BCUT2D eigenvalue weighted by Gasteiger charge is -2.30. The standard InChI is InChI=1S/C11H18O/c1-7-3-4-9-8(2)6-11(12)10(9)5-7/h7-10H,3-6H2,1-2H3. The average molecular weight is 166 g/mol. The van der Waals surface area contributed by atoms with Crippen molar-refractivity contribution in [3.63, 3.8) is 0 Å². The molecule has 0 amide bonds. The molecule has 0 aromatic rings. The smallest absolute Gasteiger partial charge is 0.136 e. The highest BCUT2D eigenvalue weighted by Crippen LogP contribution is 2.45. The van der Waals surface area contributed by atoms with Crippen molar-refractivity contribution in [3.8, 4) is 0 Å². The molecule has 0 aromatic heterocycles.